The van der Waals surface area contributed by atoms with Crippen molar-refractivity contribution in [2.45, 2.75) is 13.0 Å². The van der Waals surface area contributed by atoms with Crippen LogP contribution in [-0.2, 0) is 7.05 Å². The Morgan fingerprint density at radius 2 is 2.18 bits per heavy atom. The maximum atomic E-state index is 6.42. The van der Waals surface area contributed by atoms with Crippen molar-refractivity contribution in [1.29, 1.82) is 0 Å². The molecule has 17 heavy (non-hydrogen) atoms. The molecule has 0 N–H and O–H groups in total. The summed E-state index contributed by atoms with van der Waals surface area (Å²) in [6, 6.07) is 0.183. The monoisotopic (exact) mass is 270 g/mol. The van der Waals surface area contributed by atoms with E-state index in [-0.39, 0.29) is 6.04 Å². The SMILES string of the molecule is CC(c1nn(C)c(-c2nccs2)c1Cl)N(C)C. The molecule has 0 aliphatic heterocycles. The van der Waals surface area contributed by atoms with Crippen molar-refractivity contribution in [2.75, 3.05) is 14.1 Å². The minimum absolute atomic E-state index is 0.183. The lowest BCUT2D eigenvalue weighted by Gasteiger charge is -2.17. The van der Waals surface area contributed by atoms with Gasteiger partial charge in [0.05, 0.1) is 16.8 Å². The van der Waals surface area contributed by atoms with Crippen LogP contribution in [0.3, 0.4) is 0 Å². The van der Waals surface area contributed by atoms with Gasteiger partial charge in [-0.15, -0.1) is 11.3 Å². The summed E-state index contributed by atoms with van der Waals surface area (Å²) in [5, 5.41) is 8.04. The summed E-state index contributed by atoms with van der Waals surface area (Å²) in [7, 11) is 5.92. The van der Waals surface area contributed by atoms with Crippen LogP contribution in [0.5, 0.6) is 0 Å². The number of aromatic nitrogens is 3. The van der Waals surface area contributed by atoms with Gasteiger partial charge in [-0.2, -0.15) is 5.10 Å². The van der Waals surface area contributed by atoms with E-state index in [0.29, 0.717) is 5.02 Å². The lowest BCUT2D eigenvalue weighted by molar-refractivity contribution is 0.313. The Kier molecular flexibility index (Phi) is 3.51. The summed E-state index contributed by atoms with van der Waals surface area (Å²) in [5.41, 5.74) is 1.79. The van der Waals surface area contributed by atoms with Crippen molar-refractivity contribution in [3.8, 4) is 10.7 Å². The molecule has 2 rings (SSSR count). The highest BCUT2D eigenvalue weighted by molar-refractivity contribution is 7.13. The predicted molar refractivity (Wildman–Crippen MR) is 71.4 cm³/mol. The van der Waals surface area contributed by atoms with Gasteiger partial charge in [0.15, 0.2) is 0 Å². The molecule has 0 aromatic carbocycles. The summed E-state index contributed by atoms with van der Waals surface area (Å²) in [4.78, 5) is 6.37. The van der Waals surface area contributed by atoms with Gasteiger partial charge in [0.2, 0.25) is 0 Å². The van der Waals surface area contributed by atoms with E-state index in [2.05, 4.69) is 21.9 Å². The molecule has 0 saturated carbocycles. The van der Waals surface area contributed by atoms with E-state index in [1.807, 2.05) is 26.5 Å². The fourth-order valence-electron chi connectivity index (χ4n) is 1.60. The van der Waals surface area contributed by atoms with Crippen LogP contribution in [0, 0.1) is 0 Å². The van der Waals surface area contributed by atoms with E-state index in [0.717, 1.165) is 16.4 Å². The average molecular weight is 271 g/mol. The minimum atomic E-state index is 0.183. The molecule has 1 atom stereocenters. The predicted octanol–water partition coefficient (Wildman–Crippen LogP) is 2.82. The third-order valence-electron chi connectivity index (χ3n) is 2.82. The van der Waals surface area contributed by atoms with Gasteiger partial charge in [-0.05, 0) is 21.0 Å². The number of thiazole rings is 1. The van der Waals surface area contributed by atoms with E-state index in [1.165, 1.54) is 0 Å². The third kappa shape index (κ3) is 2.22. The first-order valence-electron chi connectivity index (χ1n) is 5.31. The Bertz CT molecular complexity index is 504. The molecule has 0 amide bonds. The first kappa shape index (κ1) is 12.5. The first-order valence-corrected chi connectivity index (χ1v) is 6.56. The molecule has 0 fully saturated rings. The molecule has 1 unspecified atom stereocenters. The summed E-state index contributed by atoms with van der Waals surface area (Å²) in [5.74, 6) is 0. The maximum absolute atomic E-state index is 6.42. The van der Waals surface area contributed by atoms with Crippen molar-refractivity contribution in [1.82, 2.24) is 19.7 Å². The number of nitrogens with zero attached hydrogens (tertiary/aromatic N) is 4. The molecule has 2 aromatic rings. The second kappa shape index (κ2) is 4.76. The number of halogens is 1. The molecule has 2 heterocycles. The molecule has 0 radical (unpaired) electrons. The molecule has 2 aromatic heterocycles. The van der Waals surface area contributed by atoms with Crippen molar-refractivity contribution in [3.05, 3.63) is 22.3 Å². The Morgan fingerprint density at radius 3 is 2.71 bits per heavy atom. The lowest BCUT2D eigenvalue weighted by Crippen LogP contribution is -2.17. The summed E-state index contributed by atoms with van der Waals surface area (Å²) in [6.45, 7) is 2.08. The van der Waals surface area contributed by atoms with Gasteiger partial charge in [0, 0.05) is 18.6 Å². The van der Waals surface area contributed by atoms with E-state index >= 15 is 0 Å². The van der Waals surface area contributed by atoms with Gasteiger partial charge in [-0.1, -0.05) is 11.6 Å². The minimum Gasteiger partial charge on any atom is -0.301 e. The van der Waals surface area contributed by atoms with Crippen LogP contribution in [0.1, 0.15) is 18.7 Å². The molecular formula is C11H15ClN4S. The van der Waals surface area contributed by atoms with Crippen LogP contribution >= 0.6 is 22.9 Å². The molecular weight excluding hydrogens is 256 g/mol. The van der Waals surface area contributed by atoms with Crippen molar-refractivity contribution in [2.24, 2.45) is 7.05 Å². The van der Waals surface area contributed by atoms with E-state index in [4.69, 9.17) is 11.6 Å². The lowest BCUT2D eigenvalue weighted by atomic mass is 10.2. The number of rotatable bonds is 3. The average Bonchev–Trinajstić information content (AvgIpc) is 2.85. The Hall–Kier alpha value is -0.910. The Labute approximate surface area is 110 Å². The standard InChI is InChI=1S/C11H15ClN4S/c1-7(15(2)3)9-8(12)10(16(4)14-9)11-13-5-6-17-11/h5-7H,1-4H3. The van der Waals surface area contributed by atoms with Crippen LogP contribution in [0.15, 0.2) is 11.6 Å². The van der Waals surface area contributed by atoms with Gasteiger partial charge < -0.3 is 4.90 Å². The van der Waals surface area contributed by atoms with Crippen LogP contribution < -0.4 is 0 Å². The topological polar surface area (TPSA) is 34.0 Å². The smallest absolute Gasteiger partial charge is 0.142 e. The van der Waals surface area contributed by atoms with Gasteiger partial charge in [0.25, 0.3) is 0 Å². The zero-order valence-corrected chi connectivity index (χ0v) is 11.9. The maximum Gasteiger partial charge on any atom is 0.142 e. The summed E-state index contributed by atoms with van der Waals surface area (Å²) in [6.07, 6.45) is 1.78. The highest BCUT2D eigenvalue weighted by Gasteiger charge is 2.22. The Balaban J connectivity index is 2.50. The molecule has 4 nitrogen and oxygen atoms in total. The normalized spacial score (nSPS) is 13.3. The fraction of sp³-hybridized carbons (Fsp3) is 0.455. The van der Waals surface area contributed by atoms with E-state index < -0.39 is 0 Å². The van der Waals surface area contributed by atoms with Gasteiger partial charge in [0.1, 0.15) is 10.7 Å². The molecule has 0 aliphatic rings. The molecule has 0 bridgehead atoms. The zero-order chi connectivity index (χ0) is 12.6. The highest BCUT2D eigenvalue weighted by atomic mass is 35.5. The number of aryl methyl sites for hydroxylation is 1. The molecule has 0 saturated heterocycles. The molecule has 0 spiro atoms. The second-order valence-electron chi connectivity index (χ2n) is 4.15. The summed E-state index contributed by atoms with van der Waals surface area (Å²) < 4.78 is 1.80. The fourth-order valence-corrected chi connectivity index (χ4v) is 2.78. The molecule has 6 heteroatoms. The molecule has 92 valence electrons. The van der Waals surface area contributed by atoms with Gasteiger partial charge in [-0.25, -0.2) is 4.98 Å². The second-order valence-corrected chi connectivity index (χ2v) is 5.42. The van der Waals surface area contributed by atoms with Gasteiger partial charge >= 0.3 is 0 Å². The first-order chi connectivity index (χ1) is 8.02. The largest absolute Gasteiger partial charge is 0.301 e. The molecule has 0 aliphatic carbocycles. The highest BCUT2D eigenvalue weighted by Crippen LogP contribution is 2.35. The van der Waals surface area contributed by atoms with Crippen LogP contribution in [0.4, 0.5) is 0 Å². The van der Waals surface area contributed by atoms with E-state index in [9.17, 15) is 0 Å². The van der Waals surface area contributed by atoms with Crippen LogP contribution in [0.2, 0.25) is 5.02 Å². The zero-order valence-electron chi connectivity index (χ0n) is 10.3. The van der Waals surface area contributed by atoms with Gasteiger partial charge in [-0.3, -0.25) is 4.68 Å². The third-order valence-corrected chi connectivity index (χ3v) is 3.97. The Morgan fingerprint density at radius 1 is 1.47 bits per heavy atom. The number of hydrogen-bond acceptors (Lipinski definition) is 4. The number of hydrogen-bond donors (Lipinski definition) is 0. The van der Waals surface area contributed by atoms with Crippen molar-refractivity contribution < 1.29 is 0 Å². The quantitative estimate of drug-likeness (QED) is 0.860. The van der Waals surface area contributed by atoms with Crippen molar-refractivity contribution in [3.63, 3.8) is 0 Å². The van der Waals surface area contributed by atoms with Crippen LogP contribution in [0.25, 0.3) is 10.7 Å². The van der Waals surface area contributed by atoms with E-state index in [1.54, 1.807) is 22.2 Å². The van der Waals surface area contributed by atoms with Crippen molar-refractivity contribution >= 4 is 22.9 Å². The summed E-state index contributed by atoms with van der Waals surface area (Å²) >= 11 is 7.98. The van der Waals surface area contributed by atoms with Crippen LogP contribution in [-0.4, -0.2) is 33.8 Å².